The SMILES string of the molecule is CCC1CN(CCOCCCOC)C(C2CC2)CN1. The third kappa shape index (κ3) is 5.03. The van der Waals surface area contributed by atoms with Crippen molar-refractivity contribution in [2.24, 2.45) is 5.92 Å². The van der Waals surface area contributed by atoms with Gasteiger partial charge in [-0.3, -0.25) is 4.90 Å². The molecular weight excluding hydrogens is 240 g/mol. The minimum absolute atomic E-state index is 0.670. The van der Waals surface area contributed by atoms with E-state index in [9.17, 15) is 0 Å². The van der Waals surface area contributed by atoms with E-state index in [1.165, 1.54) is 32.4 Å². The summed E-state index contributed by atoms with van der Waals surface area (Å²) in [4.78, 5) is 2.67. The van der Waals surface area contributed by atoms with Crippen LogP contribution in [0.2, 0.25) is 0 Å². The molecule has 0 aromatic carbocycles. The second-order valence-electron chi connectivity index (χ2n) is 5.87. The van der Waals surface area contributed by atoms with E-state index >= 15 is 0 Å². The largest absolute Gasteiger partial charge is 0.385 e. The fourth-order valence-corrected chi connectivity index (χ4v) is 2.97. The first-order chi connectivity index (χ1) is 9.35. The van der Waals surface area contributed by atoms with Gasteiger partial charge in [0, 0.05) is 52.0 Å². The first kappa shape index (κ1) is 15.2. The van der Waals surface area contributed by atoms with Crippen molar-refractivity contribution in [2.45, 2.75) is 44.7 Å². The topological polar surface area (TPSA) is 33.7 Å². The van der Waals surface area contributed by atoms with Gasteiger partial charge in [-0.15, -0.1) is 0 Å². The molecule has 0 amide bonds. The summed E-state index contributed by atoms with van der Waals surface area (Å²) < 4.78 is 10.7. The number of piperazine rings is 1. The third-order valence-corrected chi connectivity index (χ3v) is 4.36. The predicted molar refractivity (Wildman–Crippen MR) is 77.5 cm³/mol. The fraction of sp³-hybridized carbons (Fsp3) is 1.00. The second-order valence-corrected chi connectivity index (χ2v) is 5.87. The van der Waals surface area contributed by atoms with E-state index in [0.717, 1.165) is 44.7 Å². The van der Waals surface area contributed by atoms with Crippen LogP contribution in [0.1, 0.15) is 32.6 Å². The summed E-state index contributed by atoms with van der Waals surface area (Å²) >= 11 is 0. The van der Waals surface area contributed by atoms with Crippen molar-refractivity contribution in [3.8, 4) is 0 Å². The molecule has 2 aliphatic rings. The van der Waals surface area contributed by atoms with Crippen LogP contribution in [0.4, 0.5) is 0 Å². The number of rotatable bonds is 9. The minimum Gasteiger partial charge on any atom is -0.385 e. The van der Waals surface area contributed by atoms with Gasteiger partial charge in [0.1, 0.15) is 0 Å². The second kappa shape index (κ2) is 8.20. The Balaban J connectivity index is 1.65. The Hall–Kier alpha value is -0.160. The lowest BCUT2D eigenvalue weighted by atomic mass is 10.0. The fourth-order valence-electron chi connectivity index (χ4n) is 2.97. The van der Waals surface area contributed by atoms with Crippen LogP contribution in [-0.4, -0.2) is 63.5 Å². The molecule has 2 rings (SSSR count). The standard InChI is InChI=1S/C15H30N2O2/c1-3-14-12-17(7-10-19-9-4-8-18-2)15(11-16-14)13-5-6-13/h13-16H,3-12H2,1-2H3. The van der Waals surface area contributed by atoms with Crippen molar-refractivity contribution in [1.29, 1.82) is 0 Å². The lowest BCUT2D eigenvalue weighted by Crippen LogP contribution is -2.57. The lowest BCUT2D eigenvalue weighted by molar-refractivity contribution is 0.0503. The van der Waals surface area contributed by atoms with E-state index in [1.54, 1.807) is 7.11 Å². The normalized spacial score (nSPS) is 28.7. The first-order valence-corrected chi connectivity index (χ1v) is 7.89. The molecule has 4 nitrogen and oxygen atoms in total. The van der Waals surface area contributed by atoms with Crippen molar-refractivity contribution in [2.75, 3.05) is 46.6 Å². The summed E-state index contributed by atoms with van der Waals surface area (Å²) in [5.41, 5.74) is 0. The zero-order valence-corrected chi connectivity index (χ0v) is 12.6. The molecule has 1 saturated heterocycles. The molecule has 1 heterocycles. The number of ether oxygens (including phenoxy) is 2. The highest BCUT2D eigenvalue weighted by molar-refractivity contribution is 4.94. The van der Waals surface area contributed by atoms with Gasteiger partial charge in [0.2, 0.25) is 0 Å². The molecule has 2 atom stereocenters. The molecular formula is C15H30N2O2. The van der Waals surface area contributed by atoms with Gasteiger partial charge in [0.25, 0.3) is 0 Å². The molecule has 0 aromatic heterocycles. The summed E-state index contributed by atoms with van der Waals surface area (Å²) in [5.74, 6) is 0.943. The van der Waals surface area contributed by atoms with Gasteiger partial charge in [-0.1, -0.05) is 6.92 Å². The zero-order valence-electron chi connectivity index (χ0n) is 12.6. The number of methoxy groups -OCH3 is 1. The molecule has 1 aliphatic carbocycles. The molecule has 1 N–H and O–H groups in total. The molecule has 0 spiro atoms. The minimum atomic E-state index is 0.670. The molecule has 0 radical (unpaired) electrons. The molecule has 112 valence electrons. The van der Waals surface area contributed by atoms with Gasteiger partial charge in [0.05, 0.1) is 6.61 Å². The molecule has 0 bridgehead atoms. The van der Waals surface area contributed by atoms with E-state index in [1.807, 2.05) is 0 Å². The Kier molecular flexibility index (Phi) is 6.57. The molecule has 0 aromatic rings. The molecule has 19 heavy (non-hydrogen) atoms. The van der Waals surface area contributed by atoms with Crippen LogP contribution in [0.15, 0.2) is 0 Å². The van der Waals surface area contributed by atoms with Crippen LogP contribution >= 0.6 is 0 Å². The van der Waals surface area contributed by atoms with E-state index in [4.69, 9.17) is 9.47 Å². The zero-order chi connectivity index (χ0) is 13.5. The monoisotopic (exact) mass is 270 g/mol. The van der Waals surface area contributed by atoms with Gasteiger partial charge in [-0.05, 0) is 31.6 Å². The van der Waals surface area contributed by atoms with Gasteiger partial charge < -0.3 is 14.8 Å². The van der Waals surface area contributed by atoms with E-state index in [-0.39, 0.29) is 0 Å². The molecule has 1 saturated carbocycles. The Morgan fingerprint density at radius 1 is 1.21 bits per heavy atom. The maximum absolute atomic E-state index is 5.71. The Labute approximate surface area is 117 Å². The van der Waals surface area contributed by atoms with Crippen molar-refractivity contribution >= 4 is 0 Å². The van der Waals surface area contributed by atoms with Crippen molar-refractivity contribution in [3.63, 3.8) is 0 Å². The number of nitrogens with one attached hydrogen (secondary N) is 1. The van der Waals surface area contributed by atoms with E-state index < -0.39 is 0 Å². The molecule has 2 unspecified atom stereocenters. The smallest absolute Gasteiger partial charge is 0.0593 e. The maximum atomic E-state index is 5.71. The van der Waals surface area contributed by atoms with Crippen LogP contribution in [0.25, 0.3) is 0 Å². The van der Waals surface area contributed by atoms with Crippen molar-refractivity contribution < 1.29 is 9.47 Å². The highest BCUT2D eigenvalue weighted by atomic mass is 16.5. The van der Waals surface area contributed by atoms with Crippen LogP contribution in [0.5, 0.6) is 0 Å². The first-order valence-electron chi connectivity index (χ1n) is 7.89. The Bertz CT molecular complexity index is 246. The average Bonchev–Trinajstić information content (AvgIpc) is 3.27. The summed E-state index contributed by atoms with van der Waals surface area (Å²) in [6.07, 6.45) is 5.08. The van der Waals surface area contributed by atoms with Crippen LogP contribution in [-0.2, 0) is 9.47 Å². The van der Waals surface area contributed by atoms with Crippen molar-refractivity contribution in [3.05, 3.63) is 0 Å². The Morgan fingerprint density at radius 2 is 2.05 bits per heavy atom. The lowest BCUT2D eigenvalue weighted by Gasteiger charge is -2.40. The van der Waals surface area contributed by atoms with Crippen molar-refractivity contribution in [1.82, 2.24) is 10.2 Å². The number of nitrogens with zero attached hydrogens (tertiary/aromatic N) is 1. The number of hydrogen-bond donors (Lipinski definition) is 1. The van der Waals surface area contributed by atoms with Gasteiger partial charge in [-0.2, -0.15) is 0 Å². The molecule has 4 heteroatoms. The summed E-state index contributed by atoms with van der Waals surface area (Å²) in [5, 5.41) is 3.69. The van der Waals surface area contributed by atoms with Gasteiger partial charge in [-0.25, -0.2) is 0 Å². The average molecular weight is 270 g/mol. The summed E-state index contributed by atoms with van der Waals surface area (Å²) in [6.45, 7) is 8.22. The van der Waals surface area contributed by atoms with Crippen LogP contribution < -0.4 is 5.32 Å². The summed E-state index contributed by atoms with van der Waals surface area (Å²) in [7, 11) is 1.74. The highest BCUT2D eigenvalue weighted by Gasteiger charge is 2.38. The predicted octanol–water partition coefficient (Wildman–Crippen LogP) is 1.50. The van der Waals surface area contributed by atoms with E-state index in [2.05, 4.69) is 17.1 Å². The van der Waals surface area contributed by atoms with Crippen LogP contribution in [0, 0.1) is 5.92 Å². The number of hydrogen-bond acceptors (Lipinski definition) is 4. The molecule has 2 fully saturated rings. The molecule has 1 aliphatic heterocycles. The maximum Gasteiger partial charge on any atom is 0.0593 e. The van der Waals surface area contributed by atoms with Crippen LogP contribution in [0.3, 0.4) is 0 Å². The van der Waals surface area contributed by atoms with E-state index in [0.29, 0.717) is 6.04 Å². The highest BCUT2D eigenvalue weighted by Crippen LogP contribution is 2.36. The third-order valence-electron chi connectivity index (χ3n) is 4.36. The van der Waals surface area contributed by atoms with Gasteiger partial charge >= 0.3 is 0 Å². The Morgan fingerprint density at radius 3 is 2.74 bits per heavy atom. The van der Waals surface area contributed by atoms with Gasteiger partial charge in [0.15, 0.2) is 0 Å². The quantitative estimate of drug-likeness (QED) is 0.644. The summed E-state index contributed by atoms with van der Waals surface area (Å²) in [6, 6.07) is 1.42.